The van der Waals surface area contributed by atoms with Crippen LogP contribution in [0.2, 0.25) is 0 Å². The maximum Gasteiger partial charge on any atom is 0.263 e. The van der Waals surface area contributed by atoms with Crippen LogP contribution in [0.1, 0.15) is 11.1 Å². The summed E-state index contributed by atoms with van der Waals surface area (Å²) in [6.45, 7) is 3.02. The number of hydrogen-bond donors (Lipinski definition) is 0. The van der Waals surface area contributed by atoms with Crippen molar-refractivity contribution in [3.8, 4) is 11.5 Å². The number of benzene rings is 2. The molecule has 1 aliphatic heterocycles. The molecular weight excluding hydrogens is 290 g/mol. The lowest BCUT2D eigenvalue weighted by molar-refractivity contribution is -0.136. The second-order valence-corrected chi connectivity index (χ2v) is 5.84. The quantitative estimate of drug-likeness (QED) is 0.852. The first kappa shape index (κ1) is 15.4. The monoisotopic (exact) mass is 311 g/mol. The van der Waals surface area contributed by atoms with E-state index >= 15 is 0 Å². The van der Waals surface area contributed by atoms with Gasteiger partial charge in [0.05, 0.1) is 6.54 Å². The van der Waals surface area contributed by atoms with Crippen LogP contribution >= 0.6 is 0 Å². The Kier molecular flexibility index (Phi) is 4.51. The van der Waals surface area contributed by atoms with Crippen molar-refractivity contribution in [3.05, 3.63) is 59.7 Å². The first-order chi connectivity index (χ1) is 11.1. The zero-order valence-electron chi connectivity index (χ0n) is 13.5. The standard InChI is InChI=1S/C19H21NO3/c1-14-6-5-8-16(12-14)22-11-10-20(2)19(21)18-13-15-7-3-4-9-17(15)23-18/h3-9,12,18H,10-11,13H2,1-2H3. The van der Waals surface area contributed by atoms with Gasteiger partial charge in [0.2, 0.25) is 0 Å². The minimum atomic E-state index is -0.420. The molecule has 1 heterocycles. The van der Waals surface area contributed by atoms with Crippen LogP contribution in [0.25, 0.3) is 0 Å². The highest BCUT2D eigenvalue weighted by atomic mass is 16.5. The van der Waals surface area contributed by atoms with Gasteiger partial charge >= 0.3 is 0 Å². The summed E-state index contributed by atoms with van der Waals surface area (Å²) in [5.74, 6) is 1.64. The number of likely N-dealkylation sites (N-methyl/N-ethyl adjacent to an activating group) is 1. The Bertz CT molecular complexity index is 674. The molecule has 23 heavy (non-hydrogen) atoms. The summed E-state index contributed by atoms with van der Waals surface area (Å²) in [6.07, 6.45) is 0.217. The number of carbonyl (C=O) groups excluding carboxylic acids is 1. The van der Waals surface area contributed by atoms with Crippen LogP contribution in [0, 0.1) is 6.92 Å². The third kappa shape index (κ3) is 3.65. The van der Waals surface area contributed by atoms with Crippen LogP contribution in [0.5, 0.6) is 11.5 Å². The molecule has 4 nitrogen and oxygen atoms in total. The summed E-state index contributed by atoms with van der Waals surface area (Å²) in [4.78, 5) is 14.1. The predicted octanol–water partition coefficient (Wildman–Crippen LogP) is 2.84. The van der Waals surface area contributed by atoms with Gasteiger partial charge in [-0.25, -0.2) is 0 Å². The van der Waals surface area contributed by atoms with E-state index in [2.05, 4.69) is 0 Å². The number of nitrogens with zero attached hydrogens (tertiary/aromatic N) is 1. The molecule has 2 aromatic carbocycles. The number of para-hydroxylation sites is 1. The van der Waals surface area contributed by atoms with E-state index in [9.17, 15) is 4.79 Å². The molecule has 0 radical (unpaired) electrons. The van der Waals surface area contributed by atoms with Crippen molar-refractivity contribution in [2.75, 3.05) is 20.2 Å². The topological polar surface area (TPSA) is 38.8 Å². The van der Waals surface area contributed by atoms with Gasteiger partial charge in [-0.3, -0.25) is 4.79 Å². The normalized spacial score (nSPS) is 15.7. The van der Waals surface area contributed by atoms with Gasteiger partial charge in [0.25, 0.3) is 5.91 Å². The van der Waals surface area contributed by atoms with Crippen LogP contribution in [-0.4, -0.2) is 37.1 Å². The van der Waals surface area contributed by atoms with E-state index < -0.39 is 6.10 Å². The van der Waals surface area contributed by atoms with Gasteiger partial charge in [-0.1, -0.05) is 30.3 Å². The van der Waals surface area contributed by atoms with Crippen molar-refractivity contribution in [2.24, 2.45) is 0 Å². The summed E-state index contributed by atoms with van der Waals surface area (Å²) in [6, 6.07) is 15.7. The van der Waals surface area contributed by atoms with E-state index in [1.165, 1.54) is 0 Å². The first-order valence-electron chi connectivity index (χ1n) is 7.82. The highest BCUT2D eigenvalue weighted by Gasteiger charge is 2.30. The number of carbonyl (C=O) groups is 1. The Labute approximate surface area is 136 Å². The lowest BCUT2D eigenvalue weighted by Crippen LogP contribution is -2.40. The number of fused-ring (bicyclic) bond motifs is 1. The van der Waals surface area contributed by atoms with Gasteiger partial charge in [-0.05, 0) is 36.2 Å². The predicted molar refractivity (Wildman–Crippen MR) is 88.9 cm³/mol. The van der Waals surface area contributed by atoms with Crippen molar-refractivity contribution < 1.29 is 14.3 Å². The van der Waals surface area contributed by atoms with E-state index in [4.69, 9.17) is 9.47 Å². The second-order valence-electron chi connectivity index (χ2n) is 5.84. The molecule has 2 aromatic rings. The average Bonchev–Trinajstić information content (AvgIpc) is 2.98. The van der Waals surface area contributed by atoms with E-state index in [1.807, 2.05) is 55.5 Å². The van der Waals surface area contributed by atoms with Gasteiger partial charge < -0.3 is 14.4 Å². The number of ether oxygens (including phenoxy) is 2. The zero-order valence-corrected chi connectivity index (χ0v) is 13.5. The summed E-state index contributed by atoms with van der Waals surface area (Å²) in [5, 5.41) is 0. The van der Waals surface area contributed by atoms with Gasteiger partial charge in [-0.2, -0.15) is 0 Å². The Hall–Kier alpha value is -2.49. The SMILES string of the molecule is Cc1cccc(OCCN(C)C(=O)C2Cc3ccccc3O2)c1. The smallest absolute Gasteiger partial charge is 0.263 e. The Morgan fingerprint density at radius 1 is 1.26 bits per heavy atom. The van der Waals surface area contributed by atoms with Crippen LogP contribution in [0.3, 0.4) is 0 Å². The molecule has 0 aromatic heterocycles. The number of hydrogen-bond acceptors (Lipinski definition) is 3. The minimum Gasteiger partial charge on any atom is -0.492 e. The lowest BCUT2D eigenvalue weighted by atomic mass is 10.1. The molecule has 0 N–H and O–H groups in total. The highest BCUT2D eigenvalue weighted by Crippen LogP contribution is 2.28. The molecule has 1 aliphatic rings. The van der Waals surface area contributed by atoms with Crippen LogP contribution in [0.4, 0.5) is 0 Å². The maximum absolute atomic E-state index is 12.5. The Morgan fingerprint density at radius 3 is 2.87 bits per heavy atom. The van der Waals surface area contributed by atoms with Gasteiger partial charge in [0, 0.05) is 13.5 Å². The van der Waals surface area contributed by atoms with E-state index in [0.29, 0.717) is 19.6 Å². The molecule has 1 unspecified atom stereocenters. The molecule has 1 amide bonds. The van der Waals surface area contributed by atoms with Gasteiger partial charge in [0.1, 0.15) is 18.1 Å². The summed E-state index contributed by atoms with van der Waals surface area (Å²) < 4.78 is 11.4. The molecule has 4 heteroatoms. The fourth-order valence-electron chi connectivity index (χ4n) is 2.68. The third-order valence-corrected chi connectivity index (χ3v) is 3.98. The average molecular weight is 311 g/mol. The summed E-state index contributed by atoms with van der Waals surface area (Å²) in [5.41, 5.74) is 2.25. The fourth-order valence-corrected chi connectivity index (χ4v) is 2.68. The Morgan fingerprint density at radius 2 is 2.09 bits per heavy atom. The van der Waals surface area contributed by atoms with E-state index in [1.54, 1.807) is 11.9 Å². The molecular formula is C19H21NO3. The molecule has 0 saturated carbocycles. The molecule has 120 valence electrons. The number of amides is 1. The Balaban J connectivity index is 1.49. The molecule has 1 atom stereocenters. The molecule has 0 bridgehead atoms. The van der Waals surface area contributed by atoms with Gasteiger partial charge in [-0.15, -0.1) is 0 Å². The number of rotatable bonds is 5. The molecule has 3 rings (SSSR count). The fraction of sp³-hybridized carbons (Fsp3) is 0.316. The maximum atomic E-state index is 12.5. The van der Waals surface area contributed by atoms with Crippen LogP contribution in [0.15, 0.2) is 48.5 Å². The van der Waals surface area contributed by atoms with Gasteiger partial charge in [0.15, 0.2) is 6.10 Å². The molecule has 0 saturated heterocycles. The minimum absolute atomic E-state index is 0.00552. The summed E-state index contributed by atoms with van der Waals surface area (Å²) >= 11 is 0. The number of aryl methyl sites for hydroxylation is 1. The van der Waals surface area contributed by atoms with Crippen LogP contribution < -0.4 is 9.47 Å². The molecule has 0 aliphatic carbocycles. The van der Waals surface area contributed by atoms with Crippen LogP contribution in [-0.2, 0) is 11.2 Å². The zero-order chi connectivity index (χ0) is 16.2. The van der Waals surface area contributed by atoms with Crippen molar-refractivity contribution in [3.63, 3.8) is 0 Å². The molecule has 0 fully saturated rings. The molecule has 0 spiro atoms. The van der Waals surface area contributed by atoms with E-state index in [0.717, 1.165) is 22.6 Å². The van der Waals surface area contributed by atoms with Crippen molar-refractivity contribution in [2.45, 2.75) is 19.4 Å². The third-order valence-electron chi connectivity index (χ3n) is 3.98. The van der Waals surface area contributed by atoms with Crippen molar-refractivity contribution in [1.29, 1.82) is 0 Å². The van der Waals surface area contributed by atoms with Crippen molar-refractivity contribution >= 4 is 5.91 Å². The van der Waals surface area contributed by atoms with Crippen molar-refractivity contribution in [1.82, 2.24) is 4.90 Å². The highest BCUT2D eigenvalue weighted by molar-refractivity contribution is 5.82. The summed E-state index contributed by atoms with van der Waals surface area (Å²) in [7, 11) is 1.79. The largest absolute Gasteiger partial charge is 0.492 e. The first-order valence-corrected chi connectivity index (χ1v) is 7.82. The lowest BCUT2D eigenvalue weighted by Gasteiger charge is -2.21. The second kappa shape index (κ2) is 6.73. The van der Waals surface area contributed by atoms with E-state index in [-0.39, 0.29) is 5.91 Å².